The predicted molar refractivity (Wildman–Crippen MR) is 103 cm³/mol. The molecule has 0 atom stereocenters. The van der Waals surface area contributed by atoms with Gasteiger partial charge in [-0.2, -0.15) is 4.68 Å². The number of fused-ring (bicyclic) bond motifs is 1. The van der Waals surface area contributed by atoms with Gasteiger partial charge in [0.25, 0.3) is 0 Å². The van der Waals surface area contributed by atoms with Crippen molar-refractivity contribution in [1.82, 2.24) is 20.2 Å². The molecule has 4 rings (SSSR count). The number of nitrogens with zero attached hydrogens (tertiary/aromatic N) is 5. The van der Waals surface area contributed by atoms with E-state index in [0.717, 1.165) is 37.2 Å². The second-order valence-electron chi connectivity index (χ2n) is 6.92. The Morgan fingerprint density at radius 1 is 0.963 bits per heavy atom. The number of anilines is 1. The highest BCUT2D eigenvalue weighted by atomic mass is 32.2. The van der Waals surface area contributed by atoms with Gasteiger partial charge in [0.2, 0.25) is 5.95 Å². The van der Waals surface area contributed by atoms with Crippen molar-refractivity contribution < 1.29 is 8.42 Å². The number of benzene rings is 2. The Morgan fingerprint density at radius 3 is 2.37 bits per heavy atom. The summed E-state index contributed by atoms with van der Waals surface area (Å²) >= 11 is 0. The lowest BCUT2D eigenvalue weighted by atomic mass is 10.0. The van der Waals surface area contributed by atoms with Gasteiger partial charge < -0.3 is 4.90 Å². The molecule has 1 aliphatic rings. The van der Waals surface area contributed by atoms with E-state index in [1.807, 2.05) is 37.3 Å². The van der Waals surface area contributed by atoms with E-state index in [1.54, 1.807) is 16.8 Å². The van der Waals surface area contributed by atoms with E-state index in [2.05, 4.69) is 20.4 Å². The molecule has 0 saturated heterocycles. The van der Waals surface area contributed by atoms with Gasteiger partial charge in [-0.1, -0.05) is 28.9 Å². The molecule has 1 aromatic heterocycles. The van der Waals surface area contributed by atoms with Gasteiger partial charge in [-0.15, -0.1) is 0 Å². The van der Waals surface area contributed by atoms with Crippen LogP contribution in [0.15, 0.2) is 47.4 Å². The van der Waals surface area contributed by atoms with Crippen LogP contribution in [-0.2, 0) is 22.7 Å². The summed E-state index contributed by atoms with van der Waals surface area (Å²) in [5.74, 6) is 0.704. The topological polar surface area (TPSA) is 81.0 Å². The lowest BCUT2D eigenvalue weighted by molar-refractivity contribution is 0.601. The van der Waals surface area contributed by atoms with Crippen molar-refractivity contribution in [3.8, 4) is 5.69 Å². The molecule has 0 radical (unpaired) electrons. The third kappa shape index (κ3) is 3.57. The maximum absolute atomic E-state index is 11.8. The molecule has 0 saturated carbocycles. The van der Waals surface area contributed by atoms with Gasteiger partial charge >= 0.3 is 0 Å². The van der Waals surface area contributed by atoms with E-state index in [4.69, 9.17) is 0 Å². The van der Waals surface area contributed by atoms with Gasteiger partial charge in [0.15, 0.2) is 9.84 Å². The quantitative estimate of drug-likeness (QED) is 0.688. The second-order valence-corrected chi connectivity index (χ2v) is 8.93. The third-order valence-corrected chi connectivity index (χ3v) is 6.03. The van der Waals surface area contributed by atoms with Gasteiger partial charge in [-0.3, -0.25) is 0 Å². The first-order chi connectivity index (χ1) is 12.9. The molecule has 27 heavy (non-hydrogen) atoms. The Labute approximate surface area is 158 Å². The molecule has 0 N–H and O–H groups in total. The highest BCUT2D eigenvalue weighted by Crippen LogP contribution is 2.23. The first-order valence-corrected chi connectivity index (χ1v) is 10.7. The number of hydrogen-bond donors (Lipinski definition) is 0. The molecular weight excluding hydrogens is 362 g/mol. The standard InChI is InChI=1S/C19H21N5O2S/c1-14-3-6-17(7-4-14)24-19(20-21-22-24)23-11-9-15-5-8-18(27(2,25)26)13-16(15)10-12-23/h3-8,13H,9-12H2,1-2H3. The van der Waals surface area contributed by atoms with Crippen LogP contribution in [0.25, 0.3) is 5.69 Å². The Balaban J connectivity index is 1.61. The van der Waals surface area contributed by atoms with Crippen LogP contribution in [0.1, 0.15) is 16.7 Å². The Kier molecular flexibility index (Phi) is 4.43. The van der Waals surface area contributed by atoms with Crippen molar-refractivity contribution in [2.24, 2.45) is 0 Å². The van der Waals surface area contributed by atoms with Gasteiger partial charge in [0, 0.05) is 19.3 Å². The normalized spacial score (nSPS) is 14.7. The highest BCUT2D eigenvalue weighted by Gasteiger charge is 2.21. The number of aromatic nitrogens is 4. The van der Waals surface area contributed by atoms with E-state index in [-0.39, 0.29) is 0 Å². The zero-order valence-electron chi connectivity index (χ0n) is 15.3. The van der Waals surface area contributed by atoms with E-state index in [1.165, 1.54) is 17.4 Å². The molecule has 0 spiro atoms. The summed E-state index contributed by atoms with van der Waals surface area (Å²) < 4.78 is 25.4. The molecule has 140 valence electrons. The molecule has 2 heterocycles. The minimum atomic E-state index is -3.20. The van der Waals surface area contributed by atoms with Gasteiger partial charge in [-0.25, -0.2) is 8.42 Å². The van der Waals surface area contributed by atoms with Crippen molar-refractivity contribution in [2.45, 2.75) is 24.7 Å². The summed E-state index contributed by atoms with van der Waals surface area (Å²) in [6.07, 6.45) is 2.81. The Bertz CT molecular complexity index is 1070. The van der Waals surface area contributed by atoms with Crippen LogP contribution in [0.4, 0.5) is 5.95 Å². The maximum Gasteiger partial charge on any atom is 0.250 e. The molecule has 2 aromatic carbocycles. The Morgan fingerprint density at radius 2 is 1.67 bits per heavy atom. The smallest absolute Gasteiger partial charge is 0.250 e. The summed E-state index contributed by atoms with van der Waals surface area (Å²) in [5.41, 5.74) is 4.36. The molecular formula is C19H21N5O2S. The van der Waals surface area contributed by atoms with Crippen molar-refractivity contribution in [3.63, 3.8) is 0 Å². The number of sulfone groups is 1. The molecule has 0 bridgehead atoms. The van der Waals surface area contributed by atoms with Crippen LogP contribution in [0, 0.1) is 6.92 Å². The van der Waals surface area contributed by atoms with Crippen LogP contribution < -0.4 is 4.90 Å². The summed E-state index contributed by atoms with van der Waals surface area (Å²) in [6.45, 7) is 3.55. The zero-order chi connectivity index (χ0) is 19.0. The van der Waals surface area contributed by atoms with Crippen LogP contribution in [0.3, 0.4) is 0 Å². The van der Waals surface area contributed by atoms with Gasteiger partial charge in [0.1, 0.15) is 0 Å². The lowest BCUT2D eigenvalue weighted by Crippen LogP contribution is -2.29. The van der Waals surface area contributed by atoms with Crippen LogP contribution in [0.2, 0.25) is 0 Å². The minimum absolute atomic E-state index is 0.374. The summed E-state index contributed by atoms with van der Waals surface area (Å²) in [5, 5.41) is 12.2. The molecule has 0 amide bonds. The predicted octanol–water partition coefficient (Wildman–Crippen LogP) is 1.98. The summed E-state index contributed by atoms with van der Waals surface area (Å²) in [6, 6.07) is 13.5. The fourth-order valence-electron chi connectivity index (χ4n) is 3.36. The van der Waals surface area contributed by atoms with Crippen molar-refractivity contribution in [3.05, 3.63) is 59.2 Å². The highest BCUT2D eigenvalue weighted by molar-refractivity contribution is 7.90. The van der Waals surface area contributed by atoms with E-state index in [9.17, 15) is 8.42 Å². The zero-order valence-corrected chi connectivity index (χ0v) is 16.1. The average molecular weight is 383 g/mol. The number of rotatable bonds is 3. The fraction of sp³-hybridized carbons (Fsp3) is 0.316. The molecule has 8 heteroatoms. The van der Waals surface area contributed by atoms with Gasteiger partial charge in [0.05, 0.1) is 10.6 Å². The van der Waals surface area contributed by atoms with E-state index >= 15 is 0 Å². The third-order valence-electron chi connectivity index (χ3n) is 4.92. The second kappa shape index (κ2) is 6.77. The molecule has 1 aliphatic heterocycles. The number of aryl methyl sites for hydroxylation is 1. The van der Waals surface area contributed by atoms with Crippen molar-refractivity contribution >= 4 is 15.8 Å². The molecule has 0 fully saturated rings. The van der Waals surface area contributed by atoms with Gasteiger partial charge in [-0.05, 0) is 65.6 Å². The number of hydrogen-bond acceptors (Lipinski definition) is 6. The molecule has 0 aliphatic carbocycles. The largest absolute Gasteiger partial charge is 0.339 e. The molecule has 3 aromatic rings. The van der Waals surface area contributed by atoms with E-state index in [0.29, 0.717) is 10.8 Å². The van der Waals surface area contributed by atoms with Crippen LogP contribution in [-0.4, -0.2) is 48.0 Å². The molecule has 0 unspecified atom stereocenters. The number of tetrazole rings is 1. The monoisotopic (exact) mass is 383 g/mol. The van der Waals surface area contributed by atoms with Crippen LogP contribution >= 0.6 is 0 Å². The average Bonchev–Trinajstić information content (AvgIpc) is 3.02. The minimum Gasteiger partial charge on any atom is -0.339 e. The summed E-state index contributed by atoms with van der Waals surface area (Å²) in [7, 11) is -3.20. The Hall–Kier alpha value is -2.74. The first kappa shape index (κ1) is 17.7. The fourth-order valence-corrected chi connectivity index (χ4v) is 4.04. The first-order valence-electron chi connectivity index (χ1n) is 8.84. The maximum atomic E-state index is 11.8. The van der Waals surface area contributed by atoms with E-state index < -0.39 is 9.84 Å². The SMILES string of the molecule is Cc1ccc(-n2nnnc2N2CCc3ccc(S(C)(=O)=O)cc3CC2)cc1. The van der Waals surface area contributed by atoms with Crippen LogP contribution in [0.5, 0.6) is 0 Å². The summed E-state index contributed by atoms with van der Waals surface area (Å²) in [4.78, 5) is 2.53. The van der Waals surface area contributed by atoms with Crippen molar-refractivity contribution in [1.29, 1.82) is 0 Å². The lowest BCUT2D eigenvalue weighted by Gasteiger charge is -2.20. The molecule has 7 nitrogen and oxygen atoms in total. The van der Waals surface area contributed by atoms with Crippen molar-refractivity contribution in [2.75, 3.05) is 24.2 Å².